The molecule has 2 amide bonds. The molecule has 0 saturated heterocycles. The lowest BCUT2D eigenvalue weighted by molar-refractivity contribution is -0.119. The van der Waals surface area contributed by atoms with Crippen molar-refractivity contribution in [3.05, 3.63) is 101 Å². The first-order valence-corrected chi connectivity index (χ1v) is 9.01. The van der Waals surface area contributed by atoms with Crippen LogP contribution in [0.25, 0.3) is 0 Å². The third-order valence-electron chi connectivity index (χ3n) is 4.26. The van der Waals surface area contributed by atoms with E-state index >= 15 is 0 Å². The van der Waals surface area contributed by atoms with E-state index in [2.05, 4.69) is 5.32 Å². The molecule has 3 rings (SSSR count). The van der Waals surface area contributed by atoms with Crippen molar-refractivity contribution in [3.8, 4) is 0 Å². The Morgan fingerprint density at radius 2 is 1.48 bits per heavy atom. The lowest BCUT2D eigenvalue weighted by Crippen LogP contribution is -2.21. The maximum absolute atomic E-state index is 12.5. The van der Waals surface area contributed by atoms with Gasteiger partial charge in [0.1, 0.15) is 0 Å². The number of hydrogen-bond donors (Lipinski definition) is 2. The van der Waals surface area contributed by atoms with Gasteiger partial charge in [0.2, 0.25) is 5.91 Å². The van der Waals surface area contributed by atoms with Crippen LogP contribution in [-0.2, 0) is 16.0 Å². The van der Waals surface area contributed by atoms with Gasteiger partial charge in [-0.25, -0.2) is 4.79 Å². The predicted octanol–water partition coefficient (Wildman–Crippen LogP) is 3.17. The standard InChI is InChI=1S/C23H20N2O4/c24-22(27)17-10-12-19(13-11-17)25-21(26)15-29-23(28)20-9-5-4-8-18(20)14-16-6-2-1-3-7-16/h1-13H,14-15H2,(H2,24,27)(H,25,26). The average Bonchev–Trinajstić information content (AvgIpc) is 2.73. The molecule has 29 heavy (non-hydrogen) atoms. The highest BCUT2D eigenvalue weighted by molar-refractivity contribution is 5.97. The van der Waals surface area contributed by atoms with Crippen LogP contribution in [0, 0.1) is 0 Å². The van der Waals surface area contributed by atoms with Crippen LogP contribution in [0.4, 0.5) is 5.69 Å². The number of anilines is 1. The van der Waals surface area contributed by atoms with Crippen LogP contribution in [-0.4, -0.2) is 24.4 Å². The molecule has 6 nitrogen and oxygen atoms in total. The van der Waals surface area contributed by atoms with Crippen LogP contribution in [0.15, 0.2) is 78.9 Å². The first-order chi connectivity index (χ1) is 14.0. The van der Waals surface area contributed by atoms with Crippen molar-refractivity contribution in [1.29, 1.82) is 0 Å². The van der Waals surface area contributed by atoms with Crippen molar-refractivity contribution in [3.63, 3.8) is 0 Å². The lowest BCUT2D eigenvalue weighted by atomic mass is 10.00. The Hall–Kier alpha value is -3.93. The number of nitrogens with two attached hydrogens (primary N) is 1. The topological polar surface area (TPSA) is 98.5 Å². The fraction of sp³-hybridized carbons (Fsp3) is 0.0870. The second-order valence-electron chi connectivity index (χ2n) is 6.39. The molecule has 3 aromatic carbocycles. The number of amides is 2. The quantitative estimate of drug-likeness (QED) is 0.607. The summed E-state index contributed by atoms with van der Waals surface area (Å²) in [4.78, 5) is 35.6. The monoisotopic (exact) mass is 388 g/mol. The lowest BCUT2D eigenvalue weighted by Gasteiger charge is -2.10. The largest absolute Gasteiger partial charge is 0.452 e. The normalized spacial score (nSPS) is 10.2. The zero-order valence-corrected chi connectivity index (χ0v) is 15.6. The smallest absolute Gasteiger partial charge is 0.338 e. The number of rotatable bonds is 7. The molecule has 3 N–H and O–H groups in total. The average molecular weight is 388 g/mol. The summed E-state index contributed by atoms with van der Waals surface area (Å²) in [5, 5.41) is 2.60. The maximum Gasteiger partial charge on any atom is 0.338 e. The third-order valence-corrected chi connectivity index (χ3v) is 4.26. The summed E-state index contributed by atoms with van der Waals surface area (Å²) in [5.41, 5.74) is 8.31. The number of hydrogen-bond acceptors (Lipinski definition) is 4. The second-order valence-corrected chi connectivity index (χ2v) is 6.39. The molecule has 0 atom stereocenters. The Morgan fingerprint density at radius 3 is 2.17 bits per heavy atom. The molecule has 0 radical (unpaired) electrons. The van der Waals surface area contributed by atoms with Gasteiger partial charge in [-0.1, -0.05) is 48.5 Å². The van der Waals surface area contributed by atoms with Gasteiger partial charge in [0.25, 0.3) is 5.91 Å². The van der Waals surface area contributed by atoms with E-state index in [-0.39, 0.29) is 0 Å². The van der Waals surface area contributed by atoms with E-state index in [4.69, 9.17) is 10.5 Å². The molecule has 6 heteroatoms. The summed E-state index contributed by atoms with van der Waals surface area (Å²) in [6, 6.07) is 23.1. The molecule has 0 aliphatic carbocycles. The van der Waals surface area contributed by atoms with Crippen molar-refractivity contribution in [2.75, 3.05) is 11.9 Å². The zero-order chi connectivity index (χ0) is 20.6. The van der Waals surface area contributed by atoms with E-state index < -0.39 is 24.4 Å². The number of carbonyl (C=O) groups is 3. The fourth-order valence-electron chi connectivity index (χ4n) is 2.81. The summed E-state index contributed by atoms with van der Waals surface area (Å²) < 4.78 is 5.18. The van der Waals surface area contributed by atoms with Gasteiger partial charge in [-0.2, -0.15) is 0 Å². The Morgan fingerprint density at radius 1 is 0.828 bits per heavy atom. The van der Waals surface area contributed by atoms with E-state index in [1.54, 1.807) is 24.3 Å². The van der Waals surface area contributed by atoms with Gasteiger partial charge >= 0.3 is 5.97 Å². The number of esters is 1. The zero-order valence-electron chi connectivity index (χ0n) is 15.6. The number of ether oxygens (including phenoxy) is 1. The summed E-state index contributed by atoms with van der Waals surface area (Å²) in [5.74, 6) is -1.59. The van der Waals surface area contributed by atoms with Gasteiger partial charge in [0, 0.05) is 11.3 Å². The summed E-state index contributed by atoms with van der Waals surface area (Å²) in [6.45, 7) is -0.421. The molecule has 0 bridgehead atoms. The highest BCUT2D eigenvalue weighted by atomic mass is 16.5. The Bertz CT molecular complexity index is 1010. The minimum atomic E-state index is -0.559. The Labute approximate surface area is 168 Å². The maximum atomic E-state index is 12.5. The Balaban J connectivity index is 1.59. The highest BCUT2D eigenvalue weighted by Crippen LogP contribution is 2.16. The molecule has 0 aromatic heterocycles. The van der Waals surface area contributed by atoms with Crippen molar-refractivity contribution in [2.24, 2.45) is 5.73 Å². The van der Waals surface area contributed by atoms with Crippen LogP contribution in [0.2, 0.25) is 0 Å². The Kier molecular flexibility index (Phi) is 6.37. The van der Waals surface area contributed by atoms with E-state index in [1.807, 2.05) is 42.5 Å². The van der Waals surface area contributed by atoms with E-state index in [1.165, 1.54) is 12.1 Å². The van der Waals surface area contributed by atoms with Gasteiger partial charge in [-0.05, 0) is 47.9 Å². The van der Waals surface area contributed by atoms with E-state index in [9.17, 15) is 14.4 Å². The van der Waals surface area contributed by atoms with Crippen LogP contribution in [0.5, 0.6) is 0 Å². The minimum absolute atomic E-state index is 0.337. The minimum Gasteiger partial charge on any atom is -0.452 e. The molecule has 146 valence electrons. The summed E-state index contributed by atoms with van der Waals surface area (Å²) in [7, 11) is 0. The molecule has 0 heterocycles. The fourth-order valence-corrected chi connectivity index (χ4v) is 2.81. The molecule has 0 unspecified atom stereocenters. The van der Waals surface area contributed by atoms with Crippen molar-refractivity contribution in [1.82, 2.24) is 0 Å². The predicted molar refractivity (Wildman–Crippen MR) is 110 cm³/mol. The van der Waals surface area contributed by atoms with Gasteiger partial charge in [-0.3, -0.25) is 9.59 Å². The number of carbonyl (C=O) groups excluding carboxylic acids is 3. The number of primary amides is 1. The highest BCUT2D eigenvalue weighted by Gasteiger charge is 2.14. The third kappa shape index (κ3) is 5.52. The molecule has 0 fully saturated rings. The van der Waals surface area contributed by atoms with Gasteiger partial charge < -0.3 is 15.8 Å². The van der Waals surface area contributed by atoms with Crippen molar-refractivity contribution in [2.45, 2.75) is 6.42 Å². The number of nitrogens with one attached hydrogen (secondary N) is 1. The van der Waals surface area contributed by atoms with Gasteiger partial charge in [-0.15, -0.1) is 0 Å². The molecular formula is C23H20N2O4. The molecule has 0 saturated carbocycles. The van der Waals surface area contributed by atoms with Crippen LogP contribution < -0.4 is 11.1 Å². The SMILES string of the molecule is NC(=O)c1ccc(NC(=O)COC(=O)c2ccccc2Cc2ccccc2)cc1. The van der Waals surface area contributed by atoms with Crippen molar-refractivity contribution < 1.29 is 19.1 Å². The van der Waals surface area contributed by atoms with Crippen LogP contribution >= 0.6 is 0 Å². The van der Waals surface area contributed by atoms with Crippen molar-refractivity contribution >= 4 is 23.5 Å². The summed E-state index contributed by atoms with van der Waals surface area (Å²) in [6.07, 6.45) is 0.588. The van der Waals surface area contributed by atoms with Crippen LogP contribution in [0.3, 0.4) is 0 Å². The number of benzene rings is 3. The summed E-state index contributed by atoms with van der Waals surface area (Å²) >= 11 is 0. The van der Waals surface area contributed by atoms with Crippen LogP contribution in [0.1, 0.15) is 31.8 Å². The first-order valence-electron chi connectivity index (χ1n) is 9.01. The van der Waals surface area contributed by atoms with E-state index in [0.29, 0.717) is 23.2 Å². The molecular weight excluding hydrogens is 368 g/mol. The van der Waals surface area contributed by atoms with Gasteiger partial charge in [0.05, 0.1) is 5.56 Å². The molecule has 0 aliphatic rings. The molecule has 0 spiro atoms. The molecule has 0 aliphatic heterocycles. The molecule has 3 aromatic rings. The van der Waals surface area contributed by atoms with E-state index in [0.717, 1.165) is 11.1 Å². The second kappa shape index (κ2) is 9.32. The first kappa shape index (κ1) is 19.8. The van der Waals surface area contributed by atoms with Gasteiger partial charge in [0.15, 0.2) is 6.61 Å².